The minimum atomic E-state index is -0.818. The van der Waals surface area contributed by atoms with E-state index in [4.69, 9.17) is 0 Å². The van der Waals surface area contributed by atoms with Gasteiger partial charge in [0.2, 0.25) is 0 Å². The van der Waals surface area contributed by atoms with Crippen molar-refractivity contribution in [3.63, 3.8) is 0 Å². The number of unbranched alkanes of at least 4 members (excludes halogenated alkanes) is 12. The van der Waals surface area contributed by atoms with E-state index in [1.807, 2.05) is 18.2 Å². The lowest BCUT2D eigenvalue weighted by Gasteiger charge is -2.38. The number of carboxylic acid groups (broad SMARTS) is 2. The molecule has 1 rings (SSSR count). The minimum absolute atomic E-state index is 0.0683. The van der Waals surface area contributed by atoms with Crippen LogP contribution < -0.4 is 0 Å². The molecular formula is C31H52NO4+. The molecule has 0 bridgehead atoms. The Kier molecular flexibility index (Phi) is 18.6. The number of carboxylic acids is 2. The van der Waals surface area contributed by atoms with Crippen LogP contribution in [0.15, 0.2) is 42.5 Å². The van der Waals surface area contributed by atoms with E-state index in [0.717, 1.165) is 24.9 Å². The number of nitrogens with zero attached hydrogens (tertiary/aromatic N) is 1. The lowest BCUT2D eigenvalue weighted by molar-refractivity contribution is -0.940. The van der Waals surface area contributed by atoms with Gasteiger partial charge in [-0.15, -0.1) is 0 Å². The molecule has 0 radical (unpaired) electrons. The third kappa shape index (κ3) is 17.3. The van der Waals surface area contributed by atoms with Gasteiger partial charge in [0.05, 0.1) is 32.5 Å². The quantitative estimate of drug-likeness (QED) is 0.0853. The summed E-state index contributed by atoms with van der Waals surface area (Å²) in [7, 11) is 0. The number of rotatable bonds is 24. The molecule has 0 unspecified atom stereocenters. The summed E-state index contributed by atoms with van der Waals surface area (Å²) in [5.41, 5.74) is 1.14. The molecule has 1 aromatic rings. The first kappa shape index (κ1) is 31.9. The van der Waals surface area contributed by atoms with Crippen LogP contribution in [0.1, 0.15) is 115 Å². The monoisotopic (exact) mass is 502 g/mol. The van der Waals surface area contributed by atoms with Gasteiger partial charge in [0.15, 0.2) is 0 Å². The zero-order chi connectivity index (χ0) is 26.3. The maximum Gasteiger partial charge on any atom is 0.309 e. The fourth-order valence-electron chi connectivity index (χ4n) is 4.90. The summed E-state index contributed by atoms with van der Waals surface area (Å²) in [6, 6.07) is 10.1. The summed E-state index contributed by atoms with van der Waals surface area (Å²) in [6.45, 7) is 4.73. The van der Waals surface area contributed by atoms with Gasteiger partial charge in [-0.25, -0.2) is 0 Å². The van der Waals surface area contributed by atoms with Crippen LogP contribution in [-0.2, 0) is 16.1 Å². The van der Waals surface area contributed by atoms with Gasteiger partial charge in [0.25, 0.3) is 0 Å². The Morgan fingerprint density at radius 3 is 1.64 bits per heavy atom. The van der Waals surface area contributed by atoms with Gasteiger partial charge < -0.3 is 14.7 Å². The fourth-order valence-corrected chi connectivity index (χ4v) is 4.90. The standard InChI is InChI=1S/C31H51NO4/c1-2-3-4-5-6-7-8-9-10-11-12-13-14-15-16-20-25-32(26-23-30(33)34,27-24-31(35)36)28-29-21-18-17-19-22-29/h9-10,17-19,21-22H,2-8,11-16,20,23-28H2,1H3,(H-,33,34,35,36)/p+1/b10-9-. The van der Waals surface area contributed by atoms with Gasteiger partial charge in [-0.05, 0) is 38.5 Å². The molecule has 0 saturated carbocycles. The molecule has 0 aliphatic heterocycles. The van der Waals surface area contributed by atoms with Crippen LogP contribution >= 0.6 is 0 Å². The third-order valence-corrected chi connectivity index (χ3v) is 7.11. The number of carbonyl (C=O) groups is 2. The highest BCUT2D eigenvalue weighted by atomic mass is 16.4. The molecule has 0 spiro atoms. The molecular weight excluding hydrogens is 450 g/mol. The van der Waals surface area contributed by atoms with Crippen molar-refractivity contribution in [1.82, 2.24) is 0 Å². The molecule has 2 N–H and O–H groups in total. The highest BCUT2D eigenvalue weighted by molar-refractivity contribution is 5.67. The zero-order valence-electron chi connectivity index (χ0n) is 22.8. The maximum absolute atomic E-state index is 11.3. The number of allylic oxidation sites excluding steroid dienone is 2. The lowest BCUT2D eigenvalue weighted by atomic mass is 10.1. The molecule has 204 valence electrons. The molecule has 0 amide bonds. The van der Waals surface area contributed by atoms with Crippen LogP contribution in [0, 0.1) is 0 Å². The van der Waals surface area contributed by atoms with Gasteiger partial charge >= 0.3 is 11.9 Å². The van der Waals surface area contributed by atoms with E-state index in [1.165, 1.54) is 77.0 Å². The molecule has 0 saturated heterocycles. The molecule has 0 aromatic heterocycles. The normalized spacial score (nSPS) is 11.8. The number of benzene rings is 1. The first-order valence-electron chi connectivity index (χ1n) is 14.4. The van der Waals surface area contributed by atoms with Crippen molar-refractivity contribution in [3.05, 3.63) is 48.0 Å². The van der Waals surface area contributed by atoms with E-state index < -0.39 is 11.9 Å². The molecule has 1 aromatic carbocycles. The van der Waals surface area contributed by atoms with Gasteiger partial charge in [-0.1, -0.05) is 101 Å². The average molecular weight is 503 g/mol. The molecule has 5 heteroatoms. The lowest BCUT2D eigenvalue weighted by Crippen LogP contribution is -2.50. The maximum atomic E-state index is 11.3. The van der Waals surface area contributed by atoms with Crippen LogP contribution in [0.3, 0.4) is 0 Å². The molecule has 0 aliphatic carbocycles. The van der Waals surface area contributed by atoms with Crippen molar-refractivity contribution < 1.29 is 24.3 Å². The van der Waals surface area contributed by atoms with Crippen molar-refractivity contribution in [2.24, 2.45) is 0 Å². The molecule has 0 aliphatic rings. The van der Waals surface area contributed by atoms with E-state index >= 15 is 0 Å². The van der Waals surface area contributed by atoms with Crippen LogP contribution in [0.2, 0.25) is 0 Å². The van der Waals surface area contributed by atoms with E-state index in [9.17, 15) is 19.8 Å². The predicted octanol–water partition coefficient (Wildman–Crippen LogP) is 7.99. The zero-order valence-corrected chi connectivity index (χ0v) is 22.8. The Hall–Kier alpha value is -2.14. The number of hydrogen-bond donors (Lipinski definition) is 2. The highest BCUT2D eigenvalue weighted by Crippen LogP contribution is 2.20. The number of hydrogen-bond acceptors (Lipinski definition) is 2. The Balaban J connectivity index is 2.33. The van der Waals surface area contributed by atoms with Crippen LogP contribution in [0.25, 0.3) is 0 Å². The van der Waals surface area contributed by atoms with Gasteiger partial charge in [-0.3, -0.25) is 9.59 Å². The summed E-state index contributed by atoms with van der Waals surface area (Å²) < 4.78 is 0.534. The van der Waals surface area contributed by atoms with E-state index in [2.05, 4.69) is 31.2 Å². The summed E-state index contributed by atoms with van der Waals surface area (Å²) >= 11 is 0. The van der Waals surface area contributed by atoms with Crippen LogP contribution in [0.5, 0.6) is 0 Å². The Morgan fingerprint density at radius 1 is 0.667 bits per heavy atom. The second-order valence-corrected chi connectivity index (χ2v) is 10.4. The first-order valence-corrected chi connectivity index (χ1v) is 14.4. The van der Waals surface area contributed by atoms with Crippen molar-refractivity contribution in [2.75, 3.05) is 19.6 Å². The Labute approximate surface area is 220 Å². The molecule has 5 nitrogen and oxygen atoms in total. The topological polar surface area (TPSA) is 74.6 Å². The van der Waals surface area contributed by atoms with Gasteiger partial charge in [-0.2, -0.15) is 0 Å². The van der Waals surface area contributed by atoms with Crippen molar-refractivity contribution in [2.45, 2.75) is 116 Å². The molecule has 0 atom stereocenters. The second-order valence-electron chi connectivity index (χ2n) is 10.4. The Morgan fingerprint density at radius 2 is 1.14 bits per heavy atom. The largest absolute Gasteiger partial charge is 0.481 e. The highest BCUT2D eigenvalue weighted by Gasteiger charge is 2.29. The summed E-state index contributed by atoms with van der Waals surface area (Å²) in [6.07, 6.45) is 22.4. The smallest absolute Gasteiger partial charge is 0.309 e. The Bertz CT molecular complexity index is 699. The number of quaternary nitrogens is 1. The van der Waals surface area contributed by atoms with Gasteiger partial charge in [0, 0.05) is 5.56 Å². The predicted molar refractivity (Wildman–Crippen MR) is 149 cm³/mol. The summed E-state index contributed by atoms with van der Waals surface area (Å²) in [4.78, 5) is 22.7. The van der Waals surface area contributed by atoms with Crippen LogP contribution in [-0.4, -0.2) is 46.3 Å². The van der Waals surface area contributed by atoms with Gasteiger partial charge in [0.1, 0.15) is 6.54 Å². The molecule has 36 heavy (non-hydrogen) atoms. The minimum Gasteiger partial charge on any atom is -0.481 e. The summed E-state index contributed by atoms with van der Waals surface area (Å²) in [5.74, 6) is -1.64. The SMILES string of the molecule is CCCCCCCC/C=C\CCCCCCCC[N+](CCC(=O)O)(CCC(=O)O)Cc1ccccc1. The van der Waals surface area contributed by atoms with Crippen molar-refractivity contribution >= 4 is 11.9 Å². The third-order valence-electron chi connectivity index (χ3n) is 7.11. The second kappa shape index (κ2) is 21.0. The van der Waals surface area contributed by atoms with E-state index in [1.54, 1.807) is 0 Å². The summed E-state index contributed by atoms with van der Waals surface area (Å²) in [5, 5.41) is 18.6. The number of aliphatic carboxylic acids is 2. The van der Waals surface area contributed by atoms with E-state index in [-0.39, 0.29) is 12.8 Å². The van der Waals surface area contributed by atoms with Crippen molar-refractivity contribution in [1.29, 1.82) is 0 Å². The molecule has 0 heterocycles. The van der Waals surface area contributed by atoms with Crippen molar-refractivity contribution in [3.8, 4) is 0 Å². The molecule has 0 fully saturated rings. The van der Waals surface area contributed by atoms with E-state index in [0.29, 0.717) is 24.1 Å². The average Bonchev–Trinajstić information content (AvgIpc) is 2.86. The van der Waals surface area contributed by atoms with Crippen LogP contribution in [0.4, 0.5) is 0 Å². The fraction of sp³-hybridized carbons (Fsp3) is 0.677. The first-order chi connectivity index (χ1) is 17.5.